The Morgan fingerprint density at radius 3 is 2.20 bits per heavy atom. The molecule has 0 radical (unpaired) electrons. The Morgan fingerprint density at radius 1 is 1.20 bits per heavy atom. The number of anilines is 1. The summed E-state index contributed by atoms with van der Waals surface area (Å²) in [5, 5.41) is 13.8. The number of hydrogen-bond donors (Lipinski definition) is 2. The van der Waals surface area contributed by atoms with Crippen molar-refractivity contribution in [3.8, 4) is 0 Å². The zero-order chi connectivity index (χ0) is 14.0. The van der Waals surface area contributed by atoms with Gasteiger partial charge in [-0.1, -0.05) is 0 Å². The van der Waals surface area contributed by atoms with Crippen molar-refractivity contribution in [1.29, 1.82) is 0 Å². The summed E-state index contributed by atoms with van der Waals surface area (Å²) in [6, 6.07) is 0. The summed E-state index contributed by atoms with van der Waals surface area (Å²) in [5.74, 6) is 2.56. The van der Waals surface area contributed by atoms with Crippen LogP contribution in [0.2, 0.25) is 0 Å². The van der Waals surface area contributed by atoms with Crippen LogP contribution >= 0.6 is 0 Å². The smallest absolute Gasteiger partial charge is 0.356 e. The van der Waals surface area contributed by atoms with Gasteiger partial charge in [-0.15, -0.1) is 0 Å². The molecule has 1 aromatic rings. The van der Waals surface area contributed by atoms with Gasteiger partial charge in [-0.05, 0) is 55.8 Å². The second-order valence-corrected chi connectivity index (χ2v) is 7.03. The van der Waals surface area contributed by atoms with Crippen molar-refractivity contribution >= 4 is 11.7 Å². The molecule has 0 saturated heterocycles. The van der Waals surface area contributed by atoms with E-state index in [9.17, 15) is 9.90 Å². The number of aromatic carboxylic acids is 1. The van der Waals surface area contributed by atoms with Crippen molar-refractivity contribution in [2.75, 3.05) is 5.73 Å². The van der Waals surface area contributed by atoms with E-state index in [1.54, 1.807) is 7.05 Å². The molecule has 0 unspecified atom stereocenters. The lowest BCUT2D eigenvalue weighted by Crippen LogP contribution is -2.44. The number of aryl methyl sites for hydroxylation is 1. The molecule has 4 aliphatic carbocycles. The Kier molecular flexibility index (Phi) is 2.44. The average molecular weight is 275 g/mol. The minimum Gasteiger partial charge on any atom is -0.476 e. The van der Waals surface area contributed by atoms with Crippen LogP contribution in [0.4, 0.5) is 5.69 Å². The van der Waals surface area contributed by atoms with Gasteiger partial charge in [-0.25, -0.2) is 4.79 Å². The van der Waals surface area contributed by atoms with Crippen molar-refractivity contribution in [2.24, 2.45) is 30.7 Å². The quantitative estimate of drug-likeness (QED) is 0.867. The summed E-state index contributed by atoms with van der Waals surface area (Å²) in [4.78, 5) is 11.3. The number of carboxylic acid groups (broad SMARTS) is 1. The first-order valence-corrected chi connectivity index (χ1v) is 7.60. The first kappa shape index (κ1) is 12.2. The van der Waals surface area contributed by atoms with Crippen molar-refractivity contribution in [3.05, 3.63) is 11.4 Å². The average Bonchev–Trinajstić information content (AvgIpc) is 2.63. The van der Waals surface area contributed by atoms with Crippen LogP contribution in [0.5, 0.6) is 0 Å². The Morgan fingerprint density at radius 2 is 1.75 bits per heavy atom. The van der Waals surface area contributed by atoms with Crippen LogP contribution in [0.15, 0.2) is 0 Å². The molecular formula is C15H21N3O2. The van der Waals surface area contributed by atoms with E-state index >= 15 is 0 Å². The highest BCUT2D eigenvalue weighted by molar-refractivity contribution is 5.92. The van der Waals surface area contributed by atoms with E-state index in [4.69, 9.17) is 5.73 Å². The van der Waals surface area contributed by atoms with E-state index in [1.165, 1.54) is 36.8 Å². The van der Waals surface area contributed by atoms with E-state index in [2.05, 4.69) is 5.10 Å². The zero-order valence-electron chi connectivity index (χ0n) is 11.7. The topological polar surface area (TPSA) is 81.1 Å². The summed E-state index contributed by atoms with van der Waals surface area (Å²) < 4.78 is 1.44. The summed E-state index contributed by atoms with van der Waals surface area (Å²) in [6.07, 6.45) is 6.57. The number of carbonyl (C=O) groups is 1. The molecular weight excluding hydrogens is 254 g/mol. The maximum absolute atomic E-state index is 11.3. The predicted molar refractivity (Wildman–Crippen MR) is 74.4 cm³/mol. The van der Waals surface area contributed by atoms with Gasteiger partial charge in [0.1, 0.15) is 0 Å². The lowest BCUT2D eigenvalue weighted by molar-refractivity contribution is -0.00407. The van der Waals surface area contributed by atoms with Gasteiger partial charge in [0, 0.05) is 13.0 Å². The van der Waals surface area contributed by atoms with Gasteiger partial charge >= 0.3 is 5.97 Å². The molecule has 0 aliphatic heterocycles. The molecule has 5 nitrogen and oxygen atoms in total. The Bertz CT molecular complexity index is 550. The lowest BCUT2D eigenvalue weighted by atomic mass is 9.51. The zero-order valence-corrected chi connectivity index (χ0v) is 11.7. The molecule has 20 heavy (non-hydrogen) atoms. The van der Waals surface area contributed by atoms with Crippen LogP contribution in [-0.2, 0) is 7.05 Å². The Hall–Kier alpha value is -1.52. The number of hydrogen-bond acceptors (Lipinski definition) is 3. The second kappa shape index (κ2) is 3.99. The van der Waals surface area contributed by atoms with Gasteiger partial charge in [-0.2, -0.15) is 5.10 Å². The van der Waals surface area contributed by atoms with Gasteiger partial charge in [0.25, 0.3) is 0 Å². The highest BCUT2D eigenvalue weighted by Crippen LogP contribution is 2.60. The third-order valence-electron chi connectivity index (χ3n) is 5.86. The molecule has 4 saturated carbocycles. The van der Waals surface area contributed by atoms with Gasteiger partial charge in [-0.3, -0.25) is 4.68 Å². The van der Waals surface area contributed by atoms with E-state index in [1.807, 2.05) is 0 Å². The number of aromatic nitrogens is 2. The molecule has 1 aromatic heterocycles. The molecule has 5 heteroatoms. The molecule has 0 aromatic carbocycles. The molecule has 0 spiro atoms. The van der Waals surface area contributed by atoms with Crippen LogP contribution in [0, 0.1) is 23.7 Å². The van der Waals surface area contributed by atoms with Crippen LogP contribution < -0.4 is 5.73 Å². The normalized spacial score (nSPS) is 38.4. The number of nitrogens with zero attached hydrogens (tertiary/aromatic N) is 2. The second-order valence-electron chi connectivity index (χ2n) is 7.03. The third-order valence-corrected chi connectivity index (χ3v) is 5.86. The third kappa shape index (κ3) is 1.55. The first-order chi connectivity index (χ1) is 9.54. The summed E-state index contributed by atoms with van der Waals surface area (Å²) in [6.45, 7) is 0. The molecule has 5 rings (SSSR count). The molecule has 3 N–H and O–H groups in total. The van der Waals surface area contributed by atoms with E-state index in [-0.39, 0.29) is 5.69 Å². The molecule has 0 amide bonds. The summed E-state index contributed by atoms with van der Waals surface area (Å²) in [5.41, 5.74) is 7.53. The fourth-order valence-electron chi connectivity index (χ4n) is 5.43. The summed E-state index contributed by atoms with van der Waals surface area (Å²) >= 11 is 0. The van der Waals surface area contributed by atoms with Crippen LogP contribution in [0.3, 0.4) is 0 Å². The fourth-order valence-corrected chi connectivity index (χ4v) is 5.43. The van der Waals surface area contributed by atoms with Crippen LogP contribution in [0.1, 0.15) is 54.2 Å². The fraction of sp³-hybridized carbons (Fsp3) is 0.733. The largest absolute Gasteiger partial charge is 0.476 e. The van der Waals surface area contributed by atoms with Crippen molar-refractivity contribution < 1.29 is 9.90 Å². The van der Waals surface area contributed by atoms with E-state index in [0.29, 0.717) is 23.4 Å². The van der Waals surface area contributed by atoms with Gasteiger partial charge < -0.3 is 10.8 Å². The molecule has 4 aliphatic rings. The van der Waals surface area contributed by atoms with Crippen molar-refractivity contribution in [1.82, 2.24) is 9.78 Å². The minimum atomic E-state index is -0.979. The van der Waals surface area contributed by atoms with Crippen LogP contribution in [-0.4, -0.2) is 20.9 Å². The highest BCUT2D eigenvalue weighted by Gasteiger charge is 2.50. The van der Waals surface area contributed by atoms with Gasteiger partial charge in [0.2, 0.25) is 0 Å². The monoisotopic (exact) mass is 275 g/mol. The SMILES string of the molecule is Cn1nc(C2C3CC4CC(C3)CC2C4)c(N)c1C(=O)O. The maximum Gasteiger partial charge on any atom is 0.356 e. The molecule has 1 heterocycles. The van der Waals surface area contributed by atoms with Crippen molar-refractivity contribution in [2.45, 2.75) is 38.0 Å². The van der Waals surface area contributed by atoms with Crippen molar-refractivity contribution in [3.63, 3.8) is 0 Å². The molecule has 4 fully saturated rings. The predicted octanol–water partition coefficient (Wildman–Crippen LogP) is 2.24. The lowest BCUT2D eigenvalue weighted by Gasteiger charge is -2.54. The Balaban J connectivity index is 1.75. The standard InChI is InChI=1S/C15H21N3O2/c1-18-14(15(19)20)12(16)13(17-18)11-9-3-7-2-8(5-9)6-10(11)4-7/h7-11H,2-6,16H2,1H3,(H,19,20). The summed E-state index contributed by atoms with van der Waals surface area (Å²) in [7, 11) is 1.68. The molecule has 108 valence electrons. The molecule has 0 atom stereocenters. The van der Waals surface area contributed by atoms with E-state index in [0.717, 1.165) is 17.5 Å². The number of nitrogens with two attached hydrogens (primary N) is 1. The maximum atomic E-state index is 11.3. The van der Waals surface area contributed by atoms with E-state index < -0.39 is 5.97 Å². The number of rotatable bonds is 2. The van der Waals surface area contributed by atoms with Crippen LogP contribution in [0.25, 0.3) is 0 Å². The number of nitrogen functional groups attached to an aromatic ring is 1. The molecule has 4 bridgehead atoms. The van der Waals surface area contributed by atoms with Gasteiger partial charge in [0.15, 0.2) is 5.69 Å². The Labute approximate surface area is 118 Å². The minimum absolute atomic E-state index is 0.147. The number of carboxylic acids is 1. The van der Waals surface area contributed by atoms with Gasteiger partial charge in [0.05, 0.1) is 11.4 Å². The first-order valence-electron chi connectivity index (χ1n) is 7.60. The highest BCUT2D eigenvalue weighted by atomic mass is 16.4.